The summed E-state index contributed by atoms with van der Waals surface area (Å²) in [7, 11) is 0. The second-order valence-corrected chi connectivity index (χ2v) is 6.57. The predicted molar refractivity (Wildman–Crippen MR) is 110 cm³/mol. The van der Waals surface area contributed by atoms with Crippen LogP contribution in [0.3, 0.4) is 0 Å². The molecule has 0 spiro atoms. The molecule has 5 rings (SSSR count). The Kier molecular flexibility index (Phi) is 4.81. The van der Waals surface area contributed by atoms with Crippen molar-refractivity contribution in [1.82, 2.24) is 0 Å². The third-order valence-electron chi connectivity index (χ3n) is 4.88. The van der Waals surface area contributed by atoms with Gasteiger partial charge in [-0.15, -0.1) is 0 Å². The number of hydrogen-bond acceptors (Lipinski definition) is 1. The van der Waals surface area contributed by atoms with Crippen molar-refractivity contribution in [2.45, 2.75) is 12.8 Å². The summed E-state index contributed by atoms with van der Waals surface area (Å²) in [5.74, 6) is 0. The van der Waals surface area contributed by atoms with Gasteiger partial charge in [0.2, 0.25) is 0 Å². The Hall–Kier alpha value is -2.90. The Morgan fingerprint density at radius 2 is 1.08 bits per heavy atom. The van der Waals surface area contributed by atoms with Gasteiger partial charge in [0.25, 0.3) is 0 Å². The molecule has 0 atom stereocenters. The standard InChI is InChI=1S/C16H10.C9H12O/c1-2-8-13-12(7-1)14-9-3-5-11-6-4-10-15(13)16(11)14;10-8-4-7-9-5-2-1-3-6-9/h1-10H;1-3,5-6,10H,4,7-8H2. The number of aliphatic hydroxyl groups excluding tert-OH is 1. The molecule has 128 valence electrons. The van der Waals surface area contributed by atoms with Gasteiger partial charge in [-0.25, -0.2) is 0 Å². The molecular formula is C25H22O. The molecule has 0 fully saturated rings. The molecule has 1 aliphatic rings. The van der Waals surface area contributed by atoms with Crippen molar-refractivity contribution >= 4 is 10.8 Å². The lowest BCUT2D eigenvalue weighted by atomic mass is 10.0. The van der Waals surface area contributed by atoms with Crippen molar-refractivity contribution in [3.8, 4) is 22.3 Å². The molecule has 0 heterocycles. The molecular weight excluding hydrogens is 316 g/mol. The minimum absolute atomic E-state index is 0.287. The third-order valence-corrected chi connectivity index (χ3v) is 4.88. The maximum atomic E-state index is 8.53. The van der Waals surface area contributed by atoms with Crippen LogP contribution in [0.4, 0.5) is 0 Å². The van der Waals surface area contributed by atoms with Crippen molar-refractivity contribution in [3.63, 3.8) is 0 Å². The van der Waals surface area contributed by atoms with E-state index in [4.69, 9.17) is 5.11 Å². The Morgan fingerprint density at radius 3 is 1.65 bits per heavy atom. The minimum Gasteiger partial charge on any atom is -0.396 e. The Balaban J connectivity index is 0.000000146. The van der Waals surface area contributed by atoms with Gasteiger partial charge in [0.15, 0.2) is 0 Å². The molecule has 1 heteroatoms. The molecule has 0 radical (unpaired) electrons. The van der Waals surface area contributed by atoms with Crippen LogP contribution in [0.15, 0.2) is 91.0 Å². The van der Waals surface area contributed by atoms with Gasteiger partial charge in [-0.3, -0.25) is 0 Å². The Bertz CT molecular complexity index is 961. The first-order chi connectivity index (χ1) is 12.9. The molecule has 0 aromatic heterocycles. The van der Waals surface area contributed by atoms with Crippen LogP contribution in [-0.2, 0) is 6.42 Å². The van der Waals surface area contributed by atoms with Crippen LogP contribution in [0.2, 0.25) is 0 Å². The molecule has 0 saturated carbocycles. The van der Waals surface area contributed by atoms with Crippen LogP contribution in [0.25, 0.3) is 33.0 Å². The average molecular weight is 338 g/mol. The van der Waals surface area contributed by atoms with Crippen molar-refractivity contribution in [1.29, 1.82) is 0 Å². The largest absolute Gasteiger partial charge is 0.396 e. The molecule has 1 nitrogen and oxygen atoms in total. The van der Waals surface area contributed by atoms with E-state index in [1.807, 2.05) is 18.2 Å². The van der Waals surface area contributed by atoms with E-state index in [1.165, 1.54) is 38.6 Å². The van der Waals surface area contributed by atoms with Crippen LogP contribution in [0.1, 0.15) is 12.0 Å². The maximum Gasteiger partial charge on any atom is 0.0434 e. The van der Waals surface area contributed by atoms with E-state index < -0.39 is 0 Å². The summed E-state index contributed by atoms with van der Waals surface area (Å²) in [5, 5.41) is 11.3. The fraction of sp³-hybridized carbons (Fsp3) is 0.120. The van der Waals surface area contributed by atoms with E-state index in [9.17, 15) is 0 Å². The smallest absolute Gasteiger partial charge is 0.0434 e. The summed E-state index contributed by atoms with van der Waals surface area (Å²) >= 11 is 0. The van der Waals surface area contributed by atoms with E-state index in [0.29, 0.717) is 0 Å². The number of fused-ring (bicyclic) bond motifs is 3. The van der Waals surface area contributed by atoms with Gasteiger partial charge in [0, 0.05) is 6.61 Å². The second kappa shape index (κ2) is 7.55. The molecule has 0 unspecified atom stereocenters. The summed E-state index contributed by atoms with van der Waals surface area (Å²) in [5.41, 5.74) is 6.80. The fourth-order valence-electron chi connectivity index (χ4n) is 3.67. The van der Waals surface area contributed by atoms with Gasteiger partial charge in [-0.2, -0.15) is 0 Å². The summed E-state index contributed by atoms with van der Waals surface area (Å²) < 4.78 is 0. The molecule has 0 aliphatic heterocycles. The zero-order chi connectivity index (χ0) is 17.8. The predicted octanol–water partition coefficient (Wildman–Crippen LogP) is 6.10. The van der Waals surface area contributed by atoms with Gasteiger partial charge in [-0.05, 0) is 51.4 Å². The number of aryl methyl sites for hydroxylation is 1. The molecule has 4 aromatic rings. The molecule has 0 amide bonds. The normalized spacial score (nSPS) is 11.0. The van der Waals surface area contributed by atoms with Crippen molar-refractivity contribution in [2.75, 3.05) is 6.61 Å². The van der Waals surface area contributed by atoms with Crippen LogP contribution in [0, 0.1) is 0 Å². The molecule has 0 saturated heterocycles. The molecule has 0 bridgehead atoms. The number of benzene rings is 4. The van der Waals surface area contributed by atoms with Crippen molar-refractivity contribution < 1.29 is 5.11 Å². The zero-order valence-corrected chi connectivity index (χ0v) is 14.7. The first-order valence-electron chi connectivity index (χ1n) is 9.15. The molecule has 4 aromatic carbocycles. The lowest BCUT2D eigenvalue weighted by molar-refractivity contribution is 0.288. The Morgan fingerprint density at radius 1 is 0.538 bits per heavy atom. The van der Waals surface area contributed by atoms with Crippen molar-refractivity contribution in [2.24, 2.45) is 0 Å². The van der Waals surface area contributed by atoms with Gasteiger partial charge >= 0.3 is 0 Å². The third kappa shape index (κ3) is 3.14. The van der Waals surface area contributed by atoms with E-state index in [-0.39, 0.29) is 6.61 Å². The van der Waals surface area contributed by atoms with Gasteiger partial charge in [0.05, 0.1) is 0 Å². The summed E-state index contributed by atoms with van der Waals surface area (Å²) in [6.07, 6.45) is 1.85. The Labute approximate surface area is 154 Å². The first-order valence-corrected chi connectivity index (χ1v) is 9.15. The fourth-order valence-corrected chi connectivity index (χ4v) is 3.67. The molecule has 26 heavy (non-hydrogen) atoms. The van der Waals surface area contributed by atoms with Crippen LogP contribution < -0.4 is 0 Å². The van der Waals surface area contributed by atoms with E-state index in [1.54, 1.807) is 0 Å². The van der Waals surface area contributed by atoms with Crippen LogP contribution in [0.5, 0.6) is 0 Å². The number of aliphatic hydroxyl groups is 1. The van der Waals surface area contributed by atoms with Crippen LogP contribution in [-0.4, -0.2) is 11.7 Å². The van der Waals surface area contributed by atoms with E-state index in [2.05, 4.69) is 72.8 Å². The zero-order valence-electron chi connectivity index (χ0n) is 14.7. The summed E-state index contributed by atoms with van der Waals surface area (Å²) in [4.78, 5) is 0. The lowest BCUT2D eigenvalue weighted by Gasteiger charge is -2.00. The highest BCUT2D eigenvalue weighted by atomic mass is 16.2. The summed E-state index contributed by atoms with van der Waals surface area (Å²) in [6, 6.07) is 32.0. The van der Waals surface area contributed by atoms with E-state index in [0.717, 1.165) is 12.8 Å². The highest BCUT2D eigenvalue weighted by Crippen LogP contribution is 2.46. The van der Waals surface area contributed by atoms with Gasteiger partial charge in [0.1, 0.15) is 0 Å². The topological polar surface area (TPSA) is 20.2 Å². The SMILES string of the molecule is OCCCc1ccccc1.c1ccc2c(c1)-c1cccc3cccc-2c13. The molecule has 1 aliphatic carbocycles. The quantitative estimate of drug-likeness (QED) is 0.421. The maximum absolute atomic E-state index is 8.53. The van der Waals surface area contributed by atoms with Crippen molar-refractivity contribution in [3.05, 3.63) is 96.6 Å². The highest BCUT2D eigenvalue weighted by Gasteiger charge is 2.19. The average Bonchev–Trinajstić information content (AvgIpc) is 3.04. The number of rotatable bonds is 3. The second-order valence-electron chi connectivity index (χ2n) is 6.57. The monoisotopic (exact) mass is 338 g/mol. The van der Waals surface area contributed by atoms with Crippen LogP contribution >= 0.6 is 0 Å². The minimum atomic E-state index is 0.287. The summed E-state index contributed by atoms with van der Waals surface area (Å²) in [6.45, 7) is 0.287. The van der Waals surface area contributed by atoms with Gasteiger partial charge in [-0.1, -0.05) is 91.0 Å². The number of hydrogen-bond donors (Lipinski definition) is 1. The lowest BCUT2D eigenvalue weighted by Crippen LogP contribution is -1.87. The van der Waals surface area contributed by atoms with Gasteiger partial charge < -0.3 is 5.11 Å². The first kappa shape index (κ1) is 16.6. The van der Waals surface area contributed by atoms with E-state index >= 15 is 0 Å². The highest BCUT2D eigenvalue weighted by molar-refractivity contribution is 6.15. The molecule has 1 N–H and O–H groups in total.